The number of rotatable bonds is 9. The zero-order chi connectivity index (χ0) is 31.0. The highest BCUT2D eigenvalue weighted by Gasteiger charge is 2.43. The molecule has 0 radical (unpaired) electrons. The van der Waals surface area contributed by atoms with Crippen LogP contribution in [0.15, 0.2) is 52.2 Å². The first-order valence-corrected chi connectivity index (χ1v) is 15.8. The summed E-state index contributed by atoms with van der Waals surface area (Å²) in [5.41, 5.74) is 1.26. The molecule has 2 atom stereocenters. The Balaban J connectivity index is 1.25. The third-order valence-corrected chi connectivity index (χ3v) is 9.79. The topological polar surface area (TPSA) is 141 Å². The number of amides is 2. The number of fused-ring (bicyclic) bond motifs is 1. The summed E-state index contributed by atoms with van der Waals surface area (Å²) in [7, 11) is 1.29. The number of methoxy groups -OCH3 is 1. The number of aliphatic carboxylic acids is 1. The summed E-state index contributed by atoms with van der Waals surface area (Å²) in [6.07, 6.45) is 3.64. The Hall–Kier alpha value is -3.92. The van der Waals surface area contributed by atoms with Crippen LogP contribution in [0.25, 0.3) is 0 Å². The first-order chi connectivity index (χ1) is 21.2. The van der Waals surface area contributed by atoms with E-state index in [1.165, 1.54) is 48.0 Å². The average Bonchev–Trinajstić information content (AvgIpc) is 3.76. The van der Waals surface area contributed by atoms with Gasteiger partial charge in [0.2, 0.25) is 0 Å². The Morgan fingerprint density at radius 3 is 2.82 bits per heavy atom. The summed E-state index contributed by atoms with van der Waals surface area (Å²) in [5, 5.41) is 15.4. The summed E-state index contributed by atoms with van der Waals surface area (Å²) in [5.74, 6) is -1.53. The molecule has 0 unspecified atom stereocenters. The summed E-state index contributed by atoms with van der Waals surface area (Å²) in [6.45, 7) is 2.29. The number of hydrogen-bond donors (Lipinski definition) is 2. The number of anilines is 1. The zero-order valence-corrected chi connectivity index (χ0v) is 25.8. The van der Waals surface area contributed by atoms with Gasteiger partial charge in [0.1, 0.15) is 11.9 Å². The molecule has 0 saturated carbocycles. The number of amidine groups is 1. The van der Waals surface area contributed by atoms with E-state index < -0.39 is 23.8 Å². The Morgan fingerprint density at radius 2 is 2.09 bits per heavy atom. The molecule has 2 aromatic heterocycles. The van der Waals surface area contributed by atoms with Gasteiger partial charge >= 0.3 is 18.0 Å². The van der Waals surface area contributed by atoms with Crippen molar-refractivity contribution in [3.63, 3.8) is 0 Å². The van der Waals surface area contributed by atoms with Gasteiger partial charge in [0, 0.05) is 65.1 Å². The van der Waals surface area contributed by atoms with E-state index >= 15 is 0 Å². The van der Waals surface area contributed by atoms with E-state index in [0.29, 0.717) is 66.4 Å². The number of thiazole rings is 2. The smallest absolute Gasteiger partial charge is 0.338 e. The van der Waals surface area contributed by atoms with Gasteiger partial charge in [0.15, 0.2) is 16.0 Å². The zero-order valence-electron chi connectivity index (χ0n) is 23.4. The average molecular weight is 660 g/mol. The van der Waals surface area contributed by atoms with Crippen molar-refractivity contribution < 1.29 is 28.6 Å². The summed E-state index contributed by atoms with van der Waals surface area (Å²) in [4.78, 5) is 57.5. The van der Waals surface area contributed by atoms with Gasteiger partial charge < -0.3 is 20.1 Å². The molecule has 230 valence electrons. The molecule has 12 nitrogen and oxygen atoms in total. The normalized spacial score (nSPS) is 20.4. The molecule has 2 fully saturated rings. The number of carboxylic acid groups (broad SMARTS) is 1. The van der Waals surface area contributed by atoms with Gasteiger partial charge in [0.05, 0.1) is 31.7 Å². The fourth-order valence-electron chi connectivity index (χ4n) is 5.53. The van der Waals surface area contributed by atoms with Crippen LogP contribution in [0.3, 0.4) is 0 Å². The maximum atomic E-state index is 14.0. The fraction of sp³-hybridized carbons (Fsp3) is 0.357. The second kappa shape index (κ2) is 12.6. The Labute approximate surface area is 264 Å². The lowest BCUT2D eigenvalue weighted by atomic mass is 9.95. The predicted molar refractivity (Wildman–Crippen MR) is 163 cm³/mol. The van der Waals surface area contributed by atoms with Crippen LogP contribution < -0.4 is 10.2 Å². The van der Waals surface area contributed by atoms with Gasteiger partial charge in [-0.05, 0) is 18.6 Å². The standard InChI is InChI=1S/C28H27ClFN7O5S2/c1-42-26(40)22-20(33-24(25-31-6-9-43-25)34-23(22)18-4-2-15(30)10-19(18)29)14-35-7-8-36-16(12-35)13-37(28(36)41)27-32-11-17(44-27)3-5-21(38)39/h2,4,6,9-11,16,23H,3,5,7-8,12-14H2,1H3,(H,33,34)(H,38,39)/t16-,23-/m0/s1. The van der Waals surface area contributed by atoms with E-state index in [1.54, 1.807) is 17.3 Å². The number of aromatic nitrogens is 2. The van der Waals surface area contributed by atoms with Crippen molar-refractivity contribution in [2.45, 2.75) is 24.9 Å². The first kappa shape index (κ1) is 30.1. The van der Waals surface area contributed by atoms with E-state index in [-0.39, 0.29) is 29.1 Å². The van der Waals surface area contributed by atoms with E-state index in [4.69, 9.17) is 26.4 Å². The second-order valence-electron chi connectivity index (χ2n) is 10.4. The van der Waals surface area contributed by atoms with Crippen LogP contribution in [0.2, 0.25) is 5.02 Å². The van der Waals surface area contributed by atoms with E-state index in [9.17, 15) is 18.8 Å². The van der Waals surface area contributed by atoms with Crippen molar-refractivity contribution in [1.82, 2.24) is 25.1 Å². The largest absolute Gasteiger partial charge is 0.481 e. The van der Waals surface area contributed by atoms with Gasteiger partial charge in [-0.15, -0.1) is 22.7 Å². The minimum atomic E-state index is -0.885. The molecular weight excluding hydrogens is 633 g/mol. The van der Waals surface area contributed by atoms with Gasteiger partial charge in [-0.1, -0.05) is 17.7 Å². The molecule has 16 heteroatoms. The third-order valence-electron chi connectivity index (χ3n) is 7.60. The van der Waals surface area contributed by atoms with Crippen LogP contribution in [-0.4, -0.2) is 94.6 Å². The van der Waals surface area contributed by atoms with Crippen LogP contribution in [-0.2, 0) is 20.7 Å². The van der Waals surface area contributed by atoms with Crippen molar-refractivity contribution in [2.24, 2.45) is 4.99 Å². The highest BCUT2D eigenvalue weighted by atomic mass is 35.5. The number of urea groups is 1. The van der Waals surface area contributed by atoms with Crippen molar-refractivity contribution in [1.29, 1.82) is 0 Å². The molecule has 1 aromatic carbocycles. The molecule has 2 N–H and O–H groups in total. The number of nitrogens with zero attached hydrogens (tertiary/aromatic N) is 6. The van der Waals surface area contributed by atoms with Crippen LogP contribution in [0, 0.1) is 5.82 Å². The molecule has 2 saturated heterocycles. The minimum Gasteiger partial charge on any atom is -0.481 e. The third kappa shape index (κ3) is 6.04. The quantitative estimate of drug-likeness (QED) is 0.330. The van der Waals surface area contributed by atoms with E-state index in [0.717, 1.165) is 4.88 Å². The van der Waals surface area contributed by atoms with Gasteiger partial charge in [-0.2, -0.15) is 0 Å². The number of aliphatic imine (C=N–C) groups is 1. The summed E-state index contributed by atoms with van der Waals surface area (Å²) >= 11 is 9.16. The van der Waals surface area contributed by atoms with Crippen LogP contribution in [0.5, 0.6) is 0 Å². The molecule has 2 amide bonds. The number of hydrogen-bond acceptors (Lipinski definition) is 11. The number of esters is 1. The number of nitrogens with one attached hydrogen (secondary N) is 1. The molecule has 44 heavy (non-hydrogen) atoms. The number of carbonyl (C=O) groups is 3. The molecule has 3 aliphatic heterocycles. The SMILES string of the molecule is COC(=O)C1=C(CN2CCN3C(=O)N(c4ncc(CCC(=O)O)s4)C[C@@H]3C2)NC(c2nccs2)=N[C@H]1c1ccc(F)cc1Cl. The molecule has 3 aromatic rings. The van der Waals surface area contributed by atoms with Crippen LogP contribution >= 0.6 is 34.3 Å². The van der Waals surface area contributed by atoms with Gasteiger partial charge in [-0.3, -0.25) is 19.6 Å². The molecular formula is C28H27ClFN7O5S2. The number of piperazine rings is 1. The van der Waals surface area contributed by atoms with Crippen LogP contribution in [0.4, 0.5) is 14.3 Å². The monoisotopic (exact) mass is 659 g/mol. The predicted octanol–water partition coefficient (Wildman–Crippen LogP) is 3.55. The van der Waals surface area contributed by atoms with Crippen LogP contribution in [0.1, 0.15) is 27.9 Å². The van der Waals surface area contributed by atoms with E-state index in [2.05, 4.69) is 20.2 Å². The lowest BCUT2D eigenvalue weighted by Gasteiger charge is -2.38. The second-order valence-corrected chi connectivity index (χ2v) is 12.8. The Bertz CT molecular complexity index is 1660. The van der Waals surface area contributed by atoms with Gasteiger partial charge in [0.25, 0.3) is 0 Å². The van der Waals surface area contributed by atoms with Gasteiger partial charge in [-0.25, -0.2) is 23.9 Å². The maximum Gasteiger partial charge on any atom is 0.338 e. The summed E-state index contributed by atoms with van der Waals surface area (Å²) in [6, 6.07) is 2.85. The van der Waals surface area contributed by atoms with Crippen molar-refractivity contribution in [2.75, 3.05) is 44.7 Å². The number of halogens is 2. The fourth-order valence-corrected chi connectivity index (χ4v) is 7.31. The lowest BCUT2D eigenvalue weighted by Crippen LogP contribution is -2.53. The molecule has 5 heterocycles. The molecule has 6 rings (SSSR count). The molecule has 0 spiro atoms. The van der Waals surface area contributed by atoms with Crippen molar-refractivity contribution in [3.8, 4) is 0 Å². The maximum absolute atomic E-state index is 14.0. The lowest BCUT2D eigenvalue weighted by molar-refractivity contribution is -0.137. The minimum absolute atomic E-state index is 0.0000691. The summed E-state index contributed by atoms with van der Waals surface area (Å²) < 4.78 is 19.1. The van der Waals surface area contributed by atoms with Crippen molar-refractivity contribution in [3.05, 3.63) is 73.5 Å². The number of benzene rings is 1. The Kier molecular flexibility index (Phi) is 8.62. The number of carbonyl (C=O) groups excluding carboxylic acids is 2. The highest BCUT2D eigenvalue weighted by molar-refractivity contribution is 7.15. The highest BCUT2D eigenvalue weighted by Crippen LogP contribution is 2.37. The first-order valence-electron chi connectivity index (χ1n) is 13.7. The molecule has 0 aliphatic carbocycles. The number of aryl methyl sites for hydroxylation is 1. The Morgan fingerprint density at radius 1 is 1.25 bits per heavy atom. The van der Waals surface area contributed by atoms with E-state index in [1.807, 2.05) is 10.3 Å². The number of ether oxygens (including phenoxy) is 1. The molecule has 3 aliphatic rings. The molecule has 0 bridgehead atoms. The number of carboxylic acids is 1. The van der Waals surface area contributed by atoms with Crippen molar-refractivity contribution >= 4 is 63.2 Å².